The van der Waals surface area contributed by atoms with E-state index in [1.54, 1.807) is 0 Å². The van der Waals surface area contributed by atoms with Crippen LogP contribution in [0.1, 0.15) is 245 Å². The molecule has 0 aliphatic rings. The fourth-order valence-electron chi connectivity index (χ4n) is 6.83. The summed E-state index contributed by atoms with van der Waals surface area (Å²) in [5.41, 5.74) is 0. The highest BCUT2D eigenvalue weighted by Crippen LogP contribution is 2.16. The molecule has 0 aromatic carbocycles. The number of carbonyl (C=O) groups is 1. The topological polar surface area (TPSA) is 55.8 Å². The molecule has 1 unspecified atom stereocenters. The molecule has 4 heteroatoms. The molecule has 0 saturated heterocycles. The zero-order valence-corrected chi connectivity index (χ0v) is 34.6. The standard InChI is InChI=1S/C47H90O4/c1-3-5-7-9-11-13-15-17-19-21-23-24-25-27-29-31-33-35-37-39-41-43-50-45-46(44-48)51-47(49)42-40-38-36-34-32-30-28-26-22-20-18-16-14-12-10-8-6-4-2/h14,16,20,22,46,48H,3-13,15,17-19,21,23-45H2,1-2H3/b16-14-,22-20-. The second kappa shape index (κ2) is 45.0. The van der Waals surface area contributed by atoms with E-state index in [1.165, 1.54) is 199 Å². The molecule has 0 bridgehead atoms. The maximum atomic E-state index is 12.2. The minimum atomic E-state index is -0.534. The van der Waals surface area contributed by atoms with Crippen molar-refractivity contribution in [2.24, 2.45) is 0 Å². The Bertz CT molecular complexity index is 717. The van der Waals surface area contributed by atoms with Crippen LogP contribution in [0.2, 0.25) is 0 Å². The number of unbranched alkanes of at least 4 members (excludes halogenated alkanes) is 31. The third-order valence-electron chi connectivity index (χ3n) is 10.3. The Morgan fingerprint density at radius 3 is 1.24 bits per heavy atom. The number of rotatable bonds is 43. The zero-order valence-electron chi connectivity index (χ0n) is 34.6. The molecular formula is C47H90O4. The zero-order chi connectivity index (χ0) is 37.0. The Morgan fingerprint density at radius 1 is 0.471 bits per heavy atom. The number of hydrogen-bond donors (Lipinski definition) is 1. The molecule has 0 spiro atoms. The molecule has 0 aromatic rings. The van der Waals surface area contributed by atoms with E-state index in [2.05, 4.69) is 38.2 Å². The van der Waals surface area contributed by atoms with Gasteiger partial charge < -0.3 is 14.6 Å². The molecule has 1 N–H and O–H groups in total. The van der Waals surface area contributed by atoms with Crippen molar-refractivity contribution < 1.29 is 19.4 Å². The summed E-state index contributed by atoms with van der Waals surface area (Å²) in [4.78, 5) is 12.2. The Hall–Kier alpha value is -1.13. The highest BCUT2D eigenvalue weighted by molar-refractivity contribution is 5.69. The summed E-state index contributed by atoms with van der Waals surface area (Å²) in [6.07, 6.45) is 55.3. The Morgan fingerprint density at radius 2 is 0.824 bits per heavy atom. The van der Waals surface area contributed by atoms with Crippen LogP contribution in [-0.4, -0.2) is 37.0 Å². The van der Waals surface area contributed by atoms with Crippen molar-refractivity contribution in [3.05, 3.63) is 24.3 Å². The minimum absolute atomic E-state index is 0.171. The molecule has 0 heterocycles. The van der Waals surface area contributed by atoms with Gasteiger partial charge in [-0.25, -0.2) is 0 Å². The number of aliphatic hydroxyl groups is 1. The molecule has 0 aliphatic carbocycles. The van der Waals surface area contributed by atoms with Gasteiger partial charge >= 0.3 is 5.97 Å². The van der Waals surface area contributed by atoms with Gasteiger partial charge in [0.05, 0.1) is 13.2 Å². The SMILES string of the molecule is CCCCCC/C=C\C/C=C\CCCCCCCCCC(=O)OC(CO)COCCCCCCCCCCCCCCCCCCCCCCC. The predicted molar refractivity (Wildman–Crippen MR) is 224 cm³/mol. The van der Waals surface area contributed by atoms with Crippen LogP contribution in [0, 0.1) is 0 Å². The maximum absolute atomic E-state index is 12.2. The summed E-state index contributed by atoms with van der Waals surface area (Å²) in [6.45, 7) is 5.36. The Kier molecular flexibility index (Phi) is 44.0. The van der Waals surface area contributed by atoms with E-state index in [4.69, 9.17) is 9.47 Å². The molecular weight excluding hydrogens is 629 g/mol. The van der Waals surface area contributed by atoms with Crippen molar-refractivity contribution in [3.8, 4) is 0 Å². The minimum Gasteiger partial charge on any atom is -0.457 e. The fraction of sp³-hybridized carbons (Fsp3) is 0.894. The summed E-state index contributed by atoms with van der Waals surface area (Å²) >= 11 is 0. The predicted octanol–water partition coefficient (Wildman–Crippen LogP) is 15.1. The molecule has 1 atom stereocenters. The van der Waals surface area contributed by atoms with Gasteiger partial charge in [-0.2, -0.15) is 0 Å². The second-order valence-electron chi connectivity index (χ2n) is 15.5. The van der Waals surface area contributed by atoms with Gasteiger partial charge in [-0.1, -0.05) is 218 Å². The number of esters is 1. The van der Waals surface area contributed by atoms with Crippen molar-refractivity contribution in [1.29, 1.82) is 0 Å². The average Bonchev–Trinajstić information content (AvgIpc) is 3.14. The quantitative estimate of drug-likeness (QED) is 0.0387. The number of aliphatic hydroxyl groups excluding tert-OH is 1. The van der Waals surface area contributed by atoms with Gasteiger partial charge in [-0.15, -0.1) is 0 Å². The molecule has 302 valence electrons. The normalized spacial score (nSPS) is 12.5. The van der Waals surface area contributed by atoms with Gasteiger partial charge in [0.1, 0.15) is 6.10 Å². The molecule has 0 aliphatic heterocycles. The van der Waals surface area contributed by atoms with Gasteiger partial charge in [0.25, 0.3) is 0 Å². The lowest BCUT2D eigenvalue weighted by Gasteiger charge is -2.16. The van der Waals surface area contributed by atoms with Crippen molar-refractivity contribution in [3.63, 3.8) is 0 Å². The van der Waals surface area contributed by atoms with Gasteiger partial charge in [-0.05, 0) is 44.9 Å². The number of hydrogen-bond acceptors (Lipinski definition) is 4. The lowest BCUT2D eigenvalue weighted by Crippen LogP contribution is -2.27. The summed E-state index contributed by atoms with van der Waals surface area (Å²) in [6, 6.07) is 0. The van der Waals surface area contributed by atoms with Gasteiger partial charge in [0.15, 0.2) is 0 Å². The summed E-state index contributed by atoms with van der Waals surface area (Å²) in [7, 11) is 0. The Balaban J connectivity index is 3.39. The molecule has 0 fully saturated rings. The molecule has 0 aromatic heterocycles. The number of ether oxygens (including phenoxy) is 2. The van der Waals surface area contributed by atoms with Gasteiger partial charge in [0.2, 0.25) is 0 Å². The van der Waals surface area contributed by atoms with Crippen LogP contribution in [0.4, 0.5) is 0 Å². The average molecular weight is 719 g/mol. The maximum Gasteiger partial charge on any atom is 0.306 e. The van der Waals surface area contributed by atoms with Crippen molar-refractivity contribution >= 4 is 5.97 Å². The van der Waals surface area contributed by atoms with Crippen LogP contribution in [0.25, 0.3) is 0 Å². The lowest BCUT2D eigenvalue weighted by atomic mass is 10.0. The molecule has 0 rings (SSSR count). The van der Waals surface area contributed by atoms with Crippen LogP contribution in [-0.2, 0) is 14.3 Å². The van der Waals surface area contributed by atoms with E-state index in [9.17, 15) is 9.90 Å². The summed E-state index contributed by atoms with van der Waals surface area (Å²) < 4.78 is 11.2. The van der Waals surface area contributed by atoms with Crippen molar-refractivity contribution in [2.45, 2.75) is 251 Å². The third-order valence-corrected chi connectivity index (χ3v) is 10.3. The van der Waals surface area contributed by atoms with Crippen LogP contribution < -0.4 is 0 Å². The number of carbonyl (C=O) groups excluding carboxylic acids is 1. The first kappa shape index (κ1) is 49.9. The first-order chi connectivity index (χ1) is 25.2. The lowest BCUT2D eigenvalue weighted by molar-refractivity contribution is -0.154. The van der Waals surface area contributed by atoms with E-state index in [1.807, 2.05) is 0 Å². The van der Waals surface area contributed by atoms with Crippen LogP contribution >= 0.6 is 0 Å². The molecule has 0 saturated carbocycles. The molecule has 51 heavy (non-hydrogen) atoms. The highest BCUT2D eigenvalue weighted by atomic mass is 16.6. The second-order valence-corrected chi connectivity index (χ2v) is 15.5. The van der Waals surface area contributed by atoms with E-state index in [-0.39, 0.29) is 12.6 Å². The monoisotopic (exact) mass is 719 g/mol. The van der Waals surface area contributed by atoms with Crippen LogP contribution in [0.5, 0.6) is 0 Å². The molecule has 4 nitrogen and oxygen atoms in total. The van der Waals surface area contributed by atoms with E-state index in [0.29, 0.717) is 19.6 Å². The summed E-state index contributed by atoms with van der Waals surface area (Å²) in [5.74, 6) is -0.204. The van der Waals surface area contributed by atoms with Crippen molar-refractivity contribution in [2.75, 3.05) is 19.8 Å². The third kappa shape index (κ3) is 43.2. The van der Waals surface area contributed by atoms with Crippen LogP contribution in [0.3, 0.4) is 0 Å². The van der Waals surface area contributed by atoms with E-state index >= 15 is 0 Å². The number of allylic oxidation sites excluding steroid dienone is 4. The van der Waals surface area contributed by atoms with Crippen molar-refractivity contribution in [1.82, 2.24) is 0 Å². The first-order valence-corrected chi connectivity index (χ1v) is 22.9. The Labute approximate surface area is 319 Å². The van der Waals surface area contributed by atoms with Gasteiger partial charge in [0, 0.05) is 13.0 Å². The molecule has 0 radical (unpaired) electrons. The van der Waals surface area contributed by atoms with E-state index < -0.39 is 6.10 Å². The summed E-state index contributed by atoms with van der Waals surface area (Å²) in [5, 5.41) is 9.62. The smallest absolute Gasteiger partial charge is 0.306 e. The molecule has 0 amide bonds. The largest absolute Gasteiger partial charge is 0.457 e. The van der Waals surface area contributed by atoms with Crippen LogP contribution in [0.15, 0.2) is 24.3 Å². The highest BCUT2D eigenvalue weighted by Gasteiger charge is 2.13. The fourth-order valence-corrected chi connectivity index (χ4v) is 6.83. The van der Waals surface area contributed by atoms with E-state index in [0.717, 1.165) is 25.7 Å². The van der Waals surface area contributed by atoms with Gasteiger partial charge in [-0.3, -0.25) is 4.79 Å². The first-order valence-electron chi connectivity index (χ1n) is 22.9.